The zero-order valence-corrected chi connectivity index (χ0v) is 20.3. The van der Waals surface area contributed by atoms with Crippen molar-refractivity contribution in [2.24, 2.45) is 0 Å². The molecule has 35 heavy (non-hydrogen) atoms. The number of ether oxygens (including phenoxy) is 1. The molecule has 3 amide bonds. The molecular formula is C26H28N4O4S. The quantitative estimate of drug-likeness (QED) is 0.360. The second kappa shape index (κ2) is 10.6. The number of anilines is 1. The summed E-state index contributed by atoms with van der Waals surface area (Å²) in [5.74, 6) is -0.530. The van der Waals surface area contributed by atoms with Gasteiger partial charge in [0.05, 0.1) is 34.6 Å². The van der Waals surface area contributed by atoms with Gasteiger partial charge in [-0.15, -0.1) is 0 Å². The Labute approximate surface area is 207 Å². The third kappa shape index (κ3) is 5.42. The zero-order valence-electron chi connectivity index (χ0n) is 19.5. The zero-order chi connectivity index (χ0) is 24.2. The lowest BCUT2D eigenvalue weighted by atomic mass is 10.1. The summed E-state index contributed by atoms with van der Waals surface area (Å²) >= 11 is 1.49. The van der Waals surface area contributed by atoms with E-state index < -0.39 is 0 Å². The van der Waals surface area contributed by atoms with Crippen molar-refractivity contribution < 1.29 is 19.1 Å². The Hall–Kier alpha value is -3.14. The molecule has 2 aromatic carbocycles. The van der Waals surface area contributed by atoms with E-state index in [-0.39, 0.29) is 17.7 Å². The van der Waals surface area contributed by atoms with Crippen molar-refractivity contribution in [1.82, 2.24) is 14.8 Å². The fraction of sp³-hybridized carbons (Fsp3) is 0.385. The van der Waals surface area contributed by atoms with Crippen LogP contribution in [0.5, 0.6) is 0 Å². The van der Waals surface area contributed by atoms with E-state index in [1.807, 2.05) is 6.07 Å². The number of hydrogen-bond acceptors (Lipinski definition) is 7. The van der Waals surface area contributed by atoms with Gasteiger partial charge in [-0.1, -0.05) is 36.0 Å². The molecule has 0 bridgehead atoms. The number of imide groups is 1. The highest BCUT2D eigenvalue weighted by Crippen LogP contribution is 2.28. The number of thiazole rings is 1. The number of aromatic nitrogens is 1. The third-order valence-corrected chi connectivity index (χ3v) is 7.31. The van der Waals surface area contributed by atoms with Gasteiger partial charge in [0.1, 0.15) is 0 Å². The molecule has 1 aromatic heterocycles. The van der Waals surface area contributed by atoms with Crippen molar-refractivity contribution in [1.29, 1.82) is 0 Å². The van der Waals surface area contributed by atoms with E-state index in [0.29, 0.717) is 42.1 Å². The van der Waals surface area contributed by atoms with Crippen LogP contribution in [0.15, 0.2) is 42.5 Å². The first-order valence-electron chi connectivity index (χ1n) is 12.0. The second-order valence-electron chi connectivity index (χ2n) is 8.88. The Kier molecular flexibility index (Phi) is 7.17. The highest BCUT2D eigenvalue weighted by atomic mass is 32.1. The van der Waals surface area contributed by atoms with Gasteiger partial charge < -0.3 is 10.1 Å². The van der Waals surface area contributed by atoms with Crippen molar-refractivity contribution in [2.75, 3.05) is 38.2 Å². The molecule has 1 fully saturated rings. The fourth-order valence-corrected chi connectivity index (χ4v) is 5.44. The van der Waals surface area contributed by atoms with Crippen LogP contribution in [0.4, 0.5) is 5.13 Å². The topological polar surface area (TPSA) is 91.8 Å². The van der Waals surface area contributed by atoms with E-state index in [9.17, 15) is 14.4 Å². The van der Waals surface area contributed by atoms with Crippen LogP contribution in [0, 0.1) is 0 Å². The SMILES string of the molecule is O=C(CCCCCN1C(=O)c2ccccc2C1=O)Nc1nc2ccc(CN3CCOCC3)cc2s1. The van der Waals surface area contributed by atoms with Crippen LogP contribution in [0.25, 0.3) is 10.2 Å². The van der Waals surface area contributed by atoms with Crippen LogP contribution in [0.1, 0.15) is 52.0 Å². The van der Waals surface area contributed by atoms with Gasteiger partial charge in [-0.2, -0.15) is 0 Å². The number of benzene rings is 2. The number of morpholine rings is 1. The van der Waals surface area contributed by atoms with Crippen molar-refractivity contribution in [3.05, 3.63) is 59.2 Å². The summed E-state index contributed by atoms with van der Waals surface area (Å²) in [4.78, 5) is 45.4. The minimum atomic E-state index is -0.229. The van der Waals surface area contributed by atoms with Crippen molar-refractivity contribution in [3.63, 3.8) is 0 Å². The molecule has 0 aliphatic carbocycles. The van der Waals surface area contributed by atoms with Crippen LogP contribution in [0.2, 0.25) is 0 Å². The lowest BCUT2D eigenvalue weighted by Gasteiger charge is -2.26. The molecule has 2 aliphatic rings. The second-order valence-corrected chi connectivity index (χ2v) is 9.91. The fourth-order valence-electron chi connectivity index (χ4n) is 4.49. The molecule has 0 saturated carbocycles. The first-order chi connectivity index (χ1) is 17.1. The number of unbranched alkanes of at least 4 members (excludes halogenated alkanes) is 2. The molecule has 0 unspecified atom stereocenters. The van der Waals surface area contributed by atoms with Crippen LogP contribution < -0.4 is 5.32 Å². The maximum Gasteiger partial charge on any atom is 0.261 e. The molecule has 1 N–H and O–H groups in total. The number of nitrogens with zero attached hydrogens (tertiary/aromatic N) is 3. The lowest BCUT2D eigenvalue weighted by Crippen LogP contribution is -2.35. The average molecular weight is 493 g/mol. The molecular weight excluding hydrogens is 464 g/mol. The minimum Gasteiger partial charge on any atom is -0.379 e. The Morgan fingerprint density at radius 2 is 1.74 bits per heavy atom. The van der Waals surface area contributed by atoms with Gasteiger partial charge in [0, 0.05) is 32.6 Å². The maximum absolute atomic E-state index is 12.4. The predicted molar refractivity (Wildman–Crippen MR) is 135 cm³/mol. The normalized spacial score (nSPS) is 16.2. The molecule has 0 spiro atoms. The Morgan fingerprint density at radius 1 is 1.00 bits per heavy atom. The molecule has 9 heteroatoms. The number of amides is 3. The summed E-state index contributed by atoms with van der Waals surface area (Å²) in [7, 11) is 0. The molecule has 182 valence electrons. The summed E-state index contributed by atoms with van der Waals surface area (Å²) < 4.78 is 6.48. The smallest absolute Gasteiger partial charge is 0.261 e. The Balaban J connectivity index is 1.06. The summed E-state index contributed by atoms with van der Waals surface area (Å²) in [5.41, 5.74) is 3.07. The minimum absolute atomic E-state index is 0.0710. The van der Waals surface area contributed by atoms with Gasteiger partial charge >= 0.3 is 0 Å². The maximum atomic E-state index is 12.4. The molecule has 0 atom stereocenters. The molecule has 0 radical (unpaired) electrons. The number of fused-ring (bicyclic) bond motifs is 2. The monoisotopic (exact) mass is 492 g/mol. The average Bonchev–Trinajstić information content (AvgIpc) is 3.37. The lowest BCUT2D eigenvalue weighted by molar-refractivity contribution is -0.116. The van der Waals surface area contributed by atoms with E-state index in [1.165, 1.54) is 21.8 Å². The van der Waals surface area contributed by atoms with Crippen LogP contribution in [0.3, 0.4) is 0 Å². The van der Waals surface area contributed by atoms with Crippen molar-refractivity contribution in [3.8, 4) is 0 Å². The number of nitrogens with one attached hydrogen (secondary N) is 1. The summed E-state index contributed by atoms with van der Waals surface area (Å²) in [5, 5.41) is 3.52. The van der Waals surface area contributed by atoms with Gasteiger partial charge in [0.25, 0.3) is 11.8 Å². The van der Waals surface area contributed by atoms with Gasteiger partial charge in [0.2, 0.25) is 5.91 Å². The number of carbonyl (C=O) groups excluding carboxylic acids is 3. The first kappa shape index (κ1) is 23.6. The molecule has 8 nitrogen and oxygen atoms in total. The van der Waals surface area contributed by atoms with Crippen molar-refractivity contribution in [2.45, 2.75) is 32.2 Å². The van der Waals surface area contributed by atoms with E-state index in [4.69, 9.17) is 4.74 Å². The first-order valence-corrected chi connectivity index (χ1v) is 12.8. The Morgan fingerprint density at radius 3 is 2.49 bits per heavy atom. The number of carbonyl (C=O) groups is 3. The summed E-state index contributed by atoms with van der Waals surface area (Å²) in [6, 6.07) is 13.2. The van der Waals surface area contributed by atoms with Crippen LogP contribution in [-0.4, -0.2) is 65.4 Å². The summed E-state index contributed by atoms with van der Waals surface area (Å²) in [6.45, 7) is 4.71. The van der Waals surface area contributed by atoms with Gasteiger partial charge in [-0.3, -0.25) is 24.2 Å². The largest absolute Gasteiger partial charge is 0.379 e. The Bertz CT molecular complexity index is 1220. The molecule has 3 aromatic rings. The molecule has 1 saturated heterocycles. The number of hydrogen-bond donors (Lipinski definition) is 1. The molecule has 5 rings (SSSR count). The van der Waals surface area contributed by atoms with E-state index in [1.54, 1.807) is 24.3 Å². The van der Waals surface area contributed by atoms with E-state index in [0.717, 1.165) is 49.5 Å². The highest BCUT2D eigenvalue weighted by molar-refractivity contribution is 7.22. The van der Waals surface area contributed by atoms with Gasteiger partial charge in [0.15, 0.2) is 5.13 Å². The van der Waals surface area contributed by atoms with Crippen LogP contribution in [-0.2, 0) is 16.1 Å². The number of rotatable bonds is 9. The van der Waals surface area contributed by atoms with Crippen LogP contribution >= 0.6 is 11.3 Å². The van der Waals surface area contributed by atoms with Gasteiger partial charge in [-0.05, 0) is 42.7 Å². The van der Waals surface area contributed by atoms with E-state index in [2.05, 4.69) is 27.3 Å². The summed E-state index contributed by atoms with van der Waals surface area (Å²) in [6.07, 6.45) is 2.49. The van der Waals surface area contributed by atoms with Crippen molar-refractivity contribution >= 4 is 44.4 Å². The highest BCUT2D eigenvalue weighted by Gasteiger charge is 2.34. The molecule has 2 aliphatic heterocycles. The standard InChI is InChI=1S/C26H28N4O4S/c31-23(8-2-1-5-11-30-24(32)19-6-3-4-7-20(19)25(30)33)28-26-27-21-10-9-18(16-22(21)35-26)17-29-12-14-34-15-13-29/h3-4,6-7,9-10,16H,1-2,5,8,11-15,17H2,(H,27,28,31). The third-order valence-electron chi connectivity index (χ3n) is 6.37. The molecule has 3 heterocycles. The predicted octanol–water partition coefficient (Wildman–Crippen LogP) is 3.92. The van der Waals surface area contributed by atoms with E-state index >= 15 is 0 Å². The van der Waals surface area contributed by atoms with Gasteiger partial charge in [-0.25, -0.2) is 4.98 Å².